The lowest BCUT2D eigenvalue weighted by molar-refractivity contribution is 0.0544. The standard InChI is InChI=1S/C28H40N8O4.C18H24N8.CH2Cl2.CH4/c1-17-11-10-12-18(13-17)14-19-20-21(29)31-16-32-22(20)36(35-19)28(8,9)15-30-23(33-24(37)39-26(2,3)4)34-25(38)40-27(5,6)7;1-11-5-4-6-12(7-11)8-13-14-15(19)23-10-24-16(14)26(25-13)18(2,3)9-22-17(20)21;2-1-3;/h10-13,16H,14-15H2,1-9H3,(H2,29,31,32)(H2,30,33,34,37,38);4-7,10H,8-9H2,1-3H3,(H2,19,23,24)(H4,20,21,22);1H2;1H4. The number of carbonyl (C=O) groups is 2. The first-order valence-electron chi connectivity index (χ1n) is 21.9. The van der Waals surface area contributed by atoms with Gasteiger partial charge in [-0.1, -0.05) is 67.1 Å². The molecular formula is C48H70Cl2N16O4. The average Bonchev–Trinajstić information content (AvgIpc) is 3.79. The van der Waals surface area contributed by atoms with Crippen molar-refractivity contribution in [2.75, 3.05) is 29.9 Å². The number of aliphatic imine (C=N–C) groups is 2. The Morgan fingerprint density at radius 1 is 0.643 bits per heavy atom. The van der Waals surface area contributed by atoms with E-state index in [2.05, 4.69) is 71.7 Å². The van der Waals surface area contributed by atoms with Crippen LogP contribution in [-0.4, -0.2) is 93.2 Å². The number of nitrogens with two attached hydrogens (primary N) is 4. The maximum absolute atomic E-state index is 12.5. The quantitative estimate of drug-likeness (QED) is 0.0433. The van der Waals surface area contributed by atoms with Crippen LogP contribution in [-0.2, 0) is 33.4 Å². The van der Waals surface area contributed by atoms with E-state index < -0.39 is 34.5 Å². The first-order valence-corrected chi connectivity index (χ1v) is 23.0. The summed E-state index contributed by atoms with van der Waals surface area (Å²) < 4.78 is 14.2. The molecule has 0 bridgehead atoms. The van der Waals surface area contributed by atoms with Crippen molar-refractivity contribution in [2.45, 2.75) is 126 Å². The van der Waals surface area contributed by atoms with Gasteiger partial charge in [0.1, 0.15) is 35.5 Å². The summed E-state index contributed by atoms with van der Waals surface area (Å²) in [6, 6.07) is 16.5. The summed E-state index contributed by atoms with van der Waals surface area (Å²) in [4.78, 5) is 50.8. The predicted molar refractivity (Wildman–Crippen MR) is 281 cm³/mol. The molecule has 4 aromatic heterocycles. The van der Waals surface area contributed by atoms with E-state index in [1.807, 2.05) is 63.6 Å². The fourth-order valence-electron chi connectivity index (χ4n) is 6.81. The number of aryl methyl sites for hydroxylation is 2. The third-order valence-electron chi connectivity index (χ3n) is 9.70. The molecule has 0 fully saturated rings. The molecule has 20 nitrogen and oxygen atoms in total. The van der Waals surface area contributed by atoms with Gasteiger partial charge in [-0.2, -0.15) is 10.2 Å². The predicted octanol–water partition coefficient (Wildman–Crippen LogP) is 7.82. The minimum absolute atomic E-state index is 0. The molecule has 0 saturated heterocycles. The van der Waals surface area contributed by atoms with Gasteiger partial charge in [0.05, 0.1) is 51.7 Å². The molecule has 380 valence electrons. The number of fused-ring (bicyclic) bond motifs is 2. The number of rotatable bonds is 10. The van der Waals surface area contributed by atoms with E-state index in [0.29, 0.717) is 47.7 Å². The van der Waals surface area contributed by atoms with E-state index in [1.54, 1.807) is 46.2 Å². The number of hydrogen-bond donors (Lipinski definition) is 6. The number of halogens is 2. The van der Waals surface area contributed by atoms with Gasteiger partial charge >= 0.3 is 12.2 Å². The summed E-state index contributed by atoms with van der Waals surface area (Å²) in [6.07, 6.45) is 2.47. The van der Waals surface area contributed by atoms with Crippen LogP contribution in [0.15, 0.2) is 71.2 Å². The van der Waals surface area contributed by atoms with Crippen LogP contribution in [0.4, 0.5) is 21.2 Å². The number of alkyl carbamates (subject to hydrolysis) is 2. The summed E-state index contributed by atoms with van der Waals surface area (Å²) in [6.45, 7) is 22.8. The summed E-state index contributed by atoms with van der Waals surface area (Å²) in [7, 11) is 0. The number of ether oxygens (including phenoxy) is 2. The van der Waals surface area contributed by atoms with Gasteiger partial charge in [0.25, 0.3) is 0 Å². The number of nitrogens with one attached hydrogen (secondary N) is 2. The Morgan fingerprint density at radius 3 is 1.36 bits per heavy atom. The zero-order valence-electron chi connectivity index (χ0n) is 41.5. The van der Waals surface area contributed by atoms with E-state index >= 15 is 0 Å². The largest absolute Gasteiger partial charge is 0.444 e. The molecule has 0 aliphatic rings. The number of hydrogen-bond acceptors (Lipinski definition) is 14. The molecule has 6 rings (SSSR count). The summed E-state index contributed by atoms with van der Waals surface area (Å²) in [5, 5.41) is 16.3. The smallest absolute Gasteiger partial charge is 0.414 e. The van der Waals surface area contributed by atoms with E-state index in [4.69, 9.17) is 65.8 Å². The number of carbonyl (C=O) groups excluding carboxylic acids is 2. The number of aromatic nitrogens is 8. The number of nitrogens with zero attached hydrogens (tertiary/aromatic N) is 10. The maximum Gasteiger partial charge on any atom is 0.414 e. The van der Waals surface area contributed by atoms with Crippen LogP contribution in [0.25, 0.3) is 22.1 Å². The lowest BCUT2D eigenvalue weighted by Crippen LogP contribution is -2.48. The van der Waals surface area contributed by atoms with Crippen LogP contribution in [0.5, 0.6) is 0 Å². The van der Waals surface area contributed by atoms with Gasteiger partial charge in [-0.05, 0) is 94.2 Å². The SMILES string of the molecule is C.Cc1cccc(Cc2nn(C(C)(C)CN=C(N)N)c3ncnc(N)c23)c1.Cc1cccc(Cc2nn(C(C)(C)CN=C(NC(=O)OC(C)(C)C)NC(=O)OC(C)(C)C)c3ncnc(N)c23)c1.ClCCl. The average molecular weight is 1010 g/mol. The van der Waals surface area contributed by atoms with Gasteiger partial charge in [-0.3, -0.25) is 15.6 Å². The number of nitrogen functional groups attached to an aromatic ring is 2. The van der Waals surface area contributed by atoms with Crippen molar-refractivity contribution in [1.29, 1.82) is 0 Å². The Morgan fingerprint density at radius 2 is 1.01 bits per heavy atom. The van der Waals surface area contributed by atoms with Gasteiger partial charge in [0.2, 0.25) is 5.96 Å². The third kappa shape index (κ3) is 16.7. The normalized spacial score (nSPS) is 11.5. The molecule has 0 unspecified atom stereocenters. The Balaban J connectivity index is 0.000000372. The summed E-state index contributed by atoms with van der Waals surface area (Å²) in [5.41, 5.74) is 28.0. The Hall–Kier alpha value is -6.80. The van der Waals surface area contributed by atoms with Crippen LogP contribution in [0.3, 0.4) is 0 Å². The van der Waals surface area contributed by atoms with E-state index in [1.165, 1.54) is 18.2 Å². The van der Waals surface area contributed by atoms with Gasteiger partial charge in [0, 0.05) is 12.8 Å². The van der Waals surface area contributed by atoms with Crippen molar-refractivity contribution < 1.29 is 19.1 Å². The molecule has 6 aromatic rings. The van der Waals surface area contributed by atoms with Gasteiger partial charge < -0.3 is 32.4 Å². The van der Waals surface area contributed by atoms with E-state index in [0.717, 1.165) is 33.5 Å². The zero-order valence-corrected chi connectivity index (χ0v) is 43.0. The molecule has 0 spiro atoms. The second-order valence-electron chi connectivity index (χ2n) is 19.3. The van der Waals surface area contributed by atoms with Gasteiger partial charge in [0.15, 0.2) is 17.3 Å². The molecule has 0 aliphatic carbocycles. The van der Waals surface area contributed by atoms with Gasteiger partial charge in [-0.15, -0.1) is 23.2 Å². The minimum atomic E-state index is -0.773. The molecule has 2 aromatic carbocycles. The second kappa shape index (κ2) is 24.2. The number of alkyl halides is 2. The summed E-state index contributed by atoms with van der Waals surface area (Å²) in [5.74, 6) is 0.671. The fourth-order valence-corrected chi connectivity index (χ4v) is 6.81. The molecule has 4 heterocycles. The second-order valence-corrected chi connectivity index (χ2v) is 20.2. The molecule has 0 radical (unpaired) electrons. The van der Waals surface area contributed by atoms with E-state index in [-0.39, 0.29) is 31.2 Å². The highest BCUT2D eigenvalue weighted by Crippen LogP contribution is 2.30. The number of amides is 2. The van der Waals surface area contributed by atoms with Crippen LogP contribution >= 0.6 is 23.2 Å². The maximum atomic E-state index is 12.5. The number of guanidine groups is 2. The van der Waals surface area contributed by atoms with Crippen LogP contribution in [0, 0.1) is 13.8 Å². The molecule has 10 N–H and O–H groups in total. The van der Waals surface area contributed by atoms with Crippen molar-refractivity contribution >= 4 is 81.0 Å². The molecule has 22 heteroatoms. The van der Waals surface area contributed by atoms with Crippen molar-refractivity contribution in [1.82, 2.24) is 50.1 Å². The minimum Gasteiger partial charge on any atom is -0.444 e. The Bertz CT molecular complexity index is 2750. The van der Waals surface area contributed by atoms with Crippen LogP contribution < -0.4 is 33.6 Å². The lowest BCUT2D eigenvalue weighted by atomic mass is 10.1. The number of benzene rings is 2. The highest BCUT2D eigenvalue weighted by atomic mass is 35.5. The molecule has 70 heavy (non-hydrogen) atoms. The van der Waals surface area contributed by atoms with Crippen molar-refractivity contribution in [3.8, 4) is 0 Å². The fraction of sp³-hybridized carbons (Fsp3) is 0.458. The summed E-state index contributed by atoms with van der Waals surface area (Å²) >= 11 is 9.53. The number of anilines is 2. The van der Waals surface area contributed by atoms with Crippen molar-refractivity contribution in [2.24, 2.45) is 21.5 Å². The molecule has 2 amide bonds. The van der Waals surface area contributed by atoms with Gasteiger partial charge in [-0.25, -0.2) is 43.9 Å². The highest BCUT2D eigenvalue weighted by molar-refractivity contribution is 6.40. The topological polar surface area (TPSA) is 293 Å². The lowest BCUT2D eigenvalue weighted by Gasteiger charge is -2.25. The van der Waals surface area contributed by atoms with Crippen molar-refractivity contribution in [3.63, 3.8) is 0 Å². The van der Waals surface area contributed by atoms with Crippen LogP contribution in [0.1, 0.15) is 110 Å². The molecule has 0 saturated carbocycles. The highest BCUT2D eigenvalue weighted by Gasteiger charge is 2.30. The van der Waals surface area contributed by atoms with E-state index in [9.17, 15) is 9.59 Å². The Labute approximate surface area is 420 Å². The monoisotopic (exact) mass is 1000 g/mol. The first-order chi connectivity index (χ1) is 32.1. The zero-order chi connectivity index (χ0) is 51.5. The Kier molecular flexibility index (Phi) is 19.9. The molecular weight excluding hydrogens is 936 g/mol. The van der Waals surface area contributed by atoms with Crippen LogP contribution in [0.2, 0.25) is 0 Å². The van der Waals surface area contributed by atoms with Crippen molar-refractivity contribution in [3.05, 3.63) is 94.8 Å². The molecule has 0 aliphatic heterocycles. The third-order valence-corrected chi connectivity index (χ3v) is 9.70. The molecule has 0 atom stereocenters. The first kappa shape index (κ1) is 57.5.